The zero-order chi connectivity index (χ0) is 16.4. The maximum Gasteiger partial charge on any atom is -0.000705 e. The van der Waals surface area contributed by atoms with Gasteiger partial charge in [-0.05, 0) is 67.4 Å². The molecule has 0 fully saturated rings. The lowest BCUT2D eigenvalue weighted by molar-refractivity contribution is 1.23. The smallest absolute Gasteiger partial charge is 0.000705 e. The molecule has 2 aliphatic rings. The second-order valence-electron chi connectivity index (χ2n) is 6.98. The van der Waals surface area contributed by atoms with Crippen LogP contribution in [0.25, 0.3) is 39.3 Å². The van der Waals surface area contributed by atoms with Crippen LogP contribution in [-0.2, 0) is 6.42 Å². The second kappa shape index (κ2) is 4.70. The van der Waals surface area contributed by atoms with Crippen molar-refractivity contribution in [2.45, 2.75) is 6.42 Å². The lowest BCUT2D eigenvalue weighted by Gasteiger charge is -2.21. The number of benzene rings is 4. The molecule has 0 amide bonds. The number of allylic oxidation sites excluding steroid dienone is 2. The monoisotopic (exact) mass is 316 g/mol. The molecule has 0 aromatic heterocycles. The fourth-order valence-electron chi connectivity index (χ4n) is 4.56. The standard InChI is InChI=1S/C25H16/c1-2-8-18-16(7-1)13-17-14-24-21-11-5-3-9-19(21)20-10-4-6-12-22(20)25(24)15-23(17)18/h1-13,15H,14H2. The van der Waals surface area contributed by atoms with Gasteiger partial charge in [0, 0.05) is 0 Å². The molecule has 6 rings (SSSR count). The lowest BCUT2D eigenvalue weighted by atomic mass is 9.82. The third-order valence-corrected chi connectivity index (χ3v) is 5.67. The van der Waals surface area contributed by atoms with E-state index in [0.29, 0.717) is 0 Å². The molecule has 0 radical (unpaired) electrons. The van der Waals surface area contributed by atoms with Crippen LogP contribution in [0.1, 0.15) is 22.3 Å². The topological polar surface area (TPSA) is 0 Å². The molecule has 4 aromatic rings. The van der Waals surface area contributed by atoms with Crippen LogP contribution in [0.15, 0.2) is 78.4 Å². The first-order valence-corrected chi connectivity index (χ1v) is 8.84. The summed E-state index contributed by atoms with van der Waals surface area (Å²) in [4.78, 5) is 0. The van der Waals surface area contributed by atoms with Crippen LogP contribution in [0.3, 0.4) is 0 Å². The first-order valence-electron chi connectivity index (χ1n) is 8.84. The number of fused-ring (bicyclic) bond motifs is 9. The molecule has 116 valence electrons. The molecule has 0 heterocycles. The highest BCUT2D eigenvalue weighted by Gasteiger charge is 2.25. The maximum absolute atomic E-state index is 2.42. The van der Waals surface area contributed by atoms with E-state index in [9.17, 15) is 0 Å². The molecule has 0 atom stereocenters. The van der Waals surface area contributed by atoms with E-state index in [4.69, 9.17) is 0 Å². The number of rotatable bonds is 0. The third-order valence-electron chi connectivity index (χ3n) is 5.67. The van der Waals surface area contributed by atoms with Gasteiger partial charge >= 0.3 is 0 Å². The van der Waals surface area contributed by atoms with Crippen molar-refractivity contribution in [1.82, 2.24) is 0 Å². The van der Waals surface area contributed by atoms with Crippen molar-refractivity contribution >= 4 is 39.3 Å². The fourth-order valence-corrected chi connectivity index (χ4v) is 4.56. The van der Waals surface area contributed by atoms with Gasteiger partial charge < -0.3 is 0 Å². The summed E-state index contributed by atoms with van der Waals surface area (Å²) in [5.74, 6) is 0. The molecule has 0 bridgehead atoms. The zero-order valence-corrected chi connectivity index (χ0v) is 13.8. The minimum absolute atomic E-state index is 1.02. The molecule has 4 aromatic carbocycles. The fraction of sp³-hybridized carbons (Fsp3) is 0.0400. The number of hydrogen-bond acceptors (Lipinski definition) is 0. The Hall–Kier alpha value is -3.12. The zero-order valence-electron chi connectivity index (χ0n) is 13.8. The second-order valence-corrected chi connectivity index (χ2v) is 6.98. The van der Waals surface area contributed by atoms with Crippen LogP contribution in [0.5, 0.6) is 0 Å². The molecule has 0 unspecified atom stereocenters. The van der Waals surface area contributed by atoms with Gasteiger partial charge in [0.05, 0.1) is 0 Å². The van der Waals surface area contributed by atoms with E-state index in [-0.39, 0.29) is 0 Å². The molecule has 0 aliphatic heterocycles. The highest BCUT2D eigenvalue weighted by molar-refractivity contribution is 6.17. The van der Waals surface area contributed by atoms with Gasteiger partial charge in [0.25, 0.3) is 0 Å². The van der Waals surface area contributed by atoms with Crippen LogP contribution in [0.4, 0.5) is 0 Å². The van der Waals surface area contributed by atoms with Crippen LogP contribution in [0, 0.1) is 0 Å². The van der Waals surface area contributed by atoms with Crippen molar-refractivity contribution < 1.29 is 0 Å². The molecule has 0 spiro atoms. The Balaban J connectivity index is 1.78. The highest BCUT2D eigenvalue weighted by Crippen LogP contribution is 2.46. The average Bonchev–Trinajstić information content (AvgIpc) is 3.04. The van der Waals surface area contributed by atoms with Crippen molar-refractivity contribution in [3.8, 4) is 0 Å². The Kier molecular flexibility index (Phi) is 2.48. The first-order chi connectivity index (χ1) is 12.4. The van der Waals surface area contributed by atoms with E-state index in [1.54, 1.807) is 0 Å². The van der Waals surface area contributed by atoms with E-state index in [0.717, 1.165) is 6.42 Å². The van der Waals surface area contributed by atoms with Gasteiger partial charge in [-0.15, -0.1) is 0 Å². The molecule has 2 aliphatic carbocycles. The molecule has 25 heavy (non-hydrogen) atoms. The Bertz CT molecular complexity index is 1250. The molecule has 0 nitrogen and oxygen atoms in total. The summed E-state index contributed by atoms with van der Waals surface area (Å²) >= 11 is 0. The lowest BCUT2D eigenvalue weighted by Crippen LogP contribution is -2.02. The summed E-state index contributed by atoms with van der Waals surface area (Å²) in [6, 6.07) is 26.4. The van der Waals surface area contributed by atoms with Crippen LogP contribution >= 0.6 is 0 Å². The molecular weight excluding hydrogens is 300 g/mol. The summed E-state index contributed by atoms with van der Waals surface area (Å²) in [5.41, 5.74) is 8.46. The predicted molar refractivity (Wildman–Crippen MR) is 107 cm³/mol. The van der Waals surface area contributed by atoms with Crippen LogP contribution in [-0.4, -0.2) is 0 Å². The summed E-state index contributed by atoms with van der Waals surface area (Å²) in [6.07, 6.45) is 5.81. The summed E-state index contributed by atoms with van der Waals surface area (Å²) < 4.78 is 0. The largest absolute Gasteiger partial charge is 0.0616 e. The molecule has 0 saturated heterocycles. The van der Waals surface area contributed by atoms with Gasteiger partial charge in [-0.25, -0.2) is 0 Å². The van der Waals surface area contributed by atoms with Crippen molar-refractivity contribution in [1.29, 1.82) is 0 Å². The summed E-state index contributed by atoms with van der Waals surface area (Å²) in [6.45, 7) is 0. The molecule has 0 N–H and O–H groups in total. The first kappa shape index (κ1) is 13.2. The van der Waals surface area contributed by atoms with Crippen LogP contribution in [0.2, 0.25) is 0 Å². The quantitative estimate of drug-likeness (QED) is 0.325. The Morgan fingerprint density at radius 1 is 0.560 bits per heavy atom. The number of hydrogen-bond donors (Lipinski definition) is 0. The van der Waals surface area contributed by atoms with Crippen molar-refractivity contribution in [3.05, 3.63) is 101 Å². The van der Waals surface area contributed by atoms with Crippen molar-refractivity contribution in [2.24, 2.45) is 0 Å². The normalized spacial score (nSPS) is 14.7. The average molecular weight is 316 g/mol. The van der Waals surface area contributed by atoms with Gasteiger partial charge in [0.15, 0.2) is 0 Å². The Labute approximate surface area is 146 Å². The van der Waals surface area contributed by atoms with Gasteiger partial charge in [0.1, 0.15) is 0 Å². The van der Waals surface area contributed by atoms with E-state index >= 15 is 0 Å². The Morgan fingerprint density at radius 3 is 2.04 bits per heavy atom. The van der Waals surface area contributed by atoms with E-state index in [2.05, 4.69) is 84.9 Å². The minimum atomic E-state index is 1.02. The SMILES string of the molecule is C1=C2Cc3c(c4ccccc4c4ccccc34)C=C2c2ccccc21. The van der Waals surface area contributed by atoms with E-state index in [1.807, 2.05) is 0 Å². The molecular formula is C25H16. The summed E-state index contributed by atoms with van der Waals surface area (Å²) in [7, 11) is 0. The maximum atomic E-state index is 2.42. The van der Waals surface area contributed by atoms with Gasteiger partial charge in [-0.3, -0.25) is 0 Å². The molecule has 0 heteroatoms. The van der Waals surface area contributed by atoms with E-state index in [1.165, 1.54) is 54.9 Å². The minimum Gasteiger partial charge on any atom is -0.0616 e. The van der Waals surface area contributed by atoms with Crippen molar-refractivity contribution in [2.75, 3.05) is 0 Å². The van der Waals surface area contributed by atoms with Gasteiger partial charge in [-0.1, -0.05) is 78.9 Å². The van der Waals surface area contributed by atoms with Crippen LogP contribution < -0.4 is 0 Å². The third kappa shape index (κ3) is 1.71. The predicted octanol–water partition coefficient (Wildman–Crippen LogP) is 6.49. The molecule has 0 saturated carbocycles. The van der Waals surface area contributed by atoms with Gasteiger partial charge in [-0.2, -0.15) is 0 Å². The van der Waals surface area contributed by atoms with E-state index < -0.39 is 0 Å². The highest BCUT2D eigenvalue weighted by atomic mass is 14.3. The van der Waals surface area contributed by atoms with Crippen molar-refractivity contribution in [3.63, 3.8) is 0 Å². The Morgan fingerprint density at radius 2 is 1.20 bits per heavy atom. The summed E-state index contributed by atoms with van der Waals surface area (Å²) in [5, 5.41) is 5.48. The van der Waals surface area contributed by atoms with Gasteiger partial charge in [0.2, 0.25) is 0 Å².